The predicted molar refractivity (Wildman–Crippen MR) is 104 cm³/mol. The molecule has 0 heterocycles. The minimum Gasteiger partial charge on any atom is -0.484 e. The van der Waals surface area contributed by atoms with Crippen molar-refractivity contribution in [1.29, 1.82) is 0 Å². The third kappa shape index (κ3) is 5.33. The number of nitrogens with one attached hydrogen (secondary N) is 2. The van der Waals surface area contributed by atoms with Crippen LogP contribution in [-0.4, -0.2) is 18.4 Å². The highest BCUT2D eigenvalue weighted by atomic mass is 35.5. The summed E-state index contributed by atoms with van der Waals surface area (Å²) in [4.78, 5) is 23.7. The van der Waals surface area contributed by atoms with Crippen LogP contribution in [0.25, 0.3) is 11.1 Å². The second kappa shape index (κ2) is 8.87. The van der Waals surface area contributed by atoms with Crippen LogP contribution >= 0.6 is 11.6 Å². The van der Waals surface area contributed by atoms with Crippen molar-refractivity contribution in [2.24, 2.45) is 0 Å². The molecule has 0 unspecified atom stereocenters. The van der Waals surface area contributed by atoms with Crippen molar-refractivity contribution in [3.8, 4) is 16.9 Å². The first kappa shape index (κ1) is 18.5. The number of carbonyl (C=O) groups is 2. The average molecular weight is 381 g/mol. The molecule has 2 N–H and O–H groups in total. The van der Waals surface area contributed by atoms with E-state index >= 15 is 0 Å². The minimum absolute atomic E-state index is 0.217. The third-order valence-electron chi connectivity index (χ3n) is 3.75. The molecule has 0 saturated carbocycles. The van der Waals surface area contributed by atoms with Crippen LogP contribution in [0.3, 0.4) is 0 Å². The molecule has 0 aliphatic rings. The van der Waals surface area contributed by atoms with Gasteiger partial charge in [0.05, 0.1) is 0 Å². The molecule has 0 saturated heterocycles. The smallest absolute Gasteiger partial charge is 0.276 e. The second-order valence-corrected chi connectivity index (χ2v) is 6.12. The van der Waals surface area contributed by atoms with Gasteiger partial charge < -0.3 is 4.74 Å². The van der Waals surface area contributed by atoms with Gasteiger partial charge in [0.25, 0.3) is 11.8 Å². The first-order valence-corrected chi connectivity index (χ1v) is 8.62. The molecule has 0 bridgehead atoms. The normalized spacial score (nSPS) is 10.1. The zero-order valence-corrected chi connectivity index (χ0v) is 15.1. The fourth-order valence-electron chi connectivity index (χ4n) is 2.36. The zero-order valence-electron chi connectivity index (χ0n) is 14.3. The first-order valence-electron chi connectivity index (χ1n) is 8.25. The van der Waals surface area contributed by atoms with E-state index in [2.05, 4.69) is 10.9 Å². The molecule has 2 amide bonds. The maximum absolute atomic E-state index is 11.9. The Bertz CT molecular complexity index is 910. The summed E-state index contributed by atoms with van der Waals surface area (Å²) in [7, 11) is 0. The van der Waals surface area contributed by atoms with Gasteiger partial charge in [-0.05, 0) is 47.5 Å². The van der Waals surface area contributed by atoms with Crippen molar-refractivity contribution in [2.45, 2.75) is 0 Å². The average Bonchev–Trinajstić information content (AvgIpc) is 2.72. The fraction of sp³-hybridized carbons (Fsp3) is 0.0476. The quantitative estimate of drug-likeness (QED) is 0.661. The maximum atomic E-state index is 11.9. The number of amides is 2. The van der Waals surface area contributed by atoms with Crippen LogP contribution in [-0.2, 0) is 4.79 Å². The van der Waals surface area contributed by atoms with Crippen LogP contribution < -0.4 is 15.6 Å². The predicted octanol–water partition coefficient (Wildman–Crippen LogP) is 3.85. The highest BCUT2D eigenvalue weighted by molar-refractivity contribution is 6.30. The lowest BCUT2D eigenvalue weighted by atomic mass is 10.1. The van der Waals surface area contributed by atoms with Gasteiger partial charge in [-0.3, -0.25) is 20.4 Å². The van der Waals surface area contributed by atoms with Gasteiger partial charge in [-0.2, -0.15) is 0 Å². The van der Waals surface area contributed by atoms with Crippen molar-refractivity contribution in [3.63, 3.8) is 0 Å². The van der Waals surface area contributed by atoms with Crippen LogP contribution in [0.4, 0.5) is 0 Å². The molecule has 3 aromatic rings. The van der Waals surface area contributed by atoms with Crippen LogP contribution in [0.5, 0.6) is 5.75 Å². The van der Waals surface area contributed by atoms with Gasteiger partial charge in [-0.15, -0.1) is 0 Å². The summed E-state index contributed by atoms with van der Waals surface area (Å²) < 4.78 is 5.43. The number of hydrazine groups is 1. The molecule has 0 aliphatic heterocycles. The first-order chi connectivity index (χ1) is 13.1. The topological polar surface area (TPSA) is 67.4 Å². The van der Waals surface area contributed by atoms with Gasteiger partial charge in [0.2, 0.25) is 0 Å². The Morgan fingerprint density at radius 3 is 2.07 bits per heavy atom. The fourth-order valence-corrected chi connectivity index (χ4v) is 2.49. The van der Waals surface area contributed by atoms with E-state index in [1.165, 1.54) is 0 Å². The molecule has 0 aliphatic carbocycles. The monoisotopic (exact) mass is 380 g/mol. The summed E-state index contributed by atoms with van der Waals surface area (Å²) in [6.45, 7) is -0.217. The van der Waals surface area contributed by atoms with Crippen molar-refractivity contribution < 1.29 is 14.3 Å². The Kier molecular flexibility index (Phi) is 6.07. The van der Waals surface area contributed by atoms with Crippen molar-refractivity contribution in [2.75, 3.05) is 6.61 Å². The molecule has 136 valence electrons. The molecule has 0 atom stereocenters. The molecule has 0 spiro atoms. The molecule has 0 fully saturated rings. The Morgan fingerprint density at radius 2 is 1.41 bits per heavy atom. The van der Waals surface area contributed by atoms with Crippen molar-refractivity contribution in [3.05, 3.63) is 89.4 Å². The molecule has 0 radical (unpaired) electrons. The maximum Gasteiger partial charge on any atom is 0.276 e. The molecular formula is C21H17ClN2O3. The van der Waals surface area contributed by atoms with Crippen LogP contribution in [0.15, 0.2) is 78.9 Å². The van der Waals surface area contributed by atoms with Gasteiger partial charge in [0.15, 0.2) is 6.61 Å². The van der Waals surface area contributed by atoms with Crippen molar-refractivity contribution in [1.82, 2.24) is 10.9 Å². The Hall–Kier alpha value is -3.31. The minimum atomic E-state index is -0.468. The molecule has 27 heavy (non-hydrogen) atoms. The van der Waals surface area contributed by atoms with E-state index in [1.54, 1.807) is 36.4 Å². The van der Waals surface area contributed by atoms with Crippen LogP contribution in [0, 0.1) is 0 Å². The van der Waals surface area contributed by atoms with E-state index < -0.39 is 11.8 Å². The number of rotatable bonds is 5. The molecule has 6 heteroatoms. The Morgan fingerprint density at radius 1 is 0.778 bits per heavy atom. The van der Waals surface area contributed by atoms with Crippen molar-refractivity contribution >= 4 is 23.4 Å². The number of benzene rings is 3. The number of hydrogen-bond donors (Lipinski definition) is 2. The van der Waals surface area contributed by atoms with Gasteiger partial charge in [-0.1, -0.05) is 54.1 Å². The standard InChI is InChI=1S/C21H17ClN2O3/c22-18-10-6-17(7-11-18)21(26)24-23-20(25)14-27-19-12-8-16(9-13-19)15-4-2-1-3-5-15/h1-13H,14H2,(H,23,25)(H,24,26). The van der Waals surface area contributed by atoms with E-state index in [4.69, 9.17) is 16.3 Å². The summed E-state index contributed by atoms with van der Waals surface area (Å²) in [5.74, 6) is -0.342. The summed E-state index contributed by atoms with van der Waals surface area (Å²) in [6.07, 6.45) is 0. The lowest BCUT2D eigenvalue weighted by Crippen LogP contribution is -2.43. The summed E-state index contributed by atoms with van der Waals surface area (Å²) >= 11 is 5.77. The molecular weight excluding hydrogens is 364 g/mol. The molecule has 3 aromatic carbocycles. The van der Waals surface area contributed by atoms with E-state index in [-0.39, 0.29) is 6.61 Å². The summed E-state index contributed by atoms with van der Waals surface area (Å²) in [6, 6.07) is 23.7. The van der Waals surface area contributed by atoms with E-state index in [0.29, 0.717) is 16.3 Å². The Balaban J connectivity index is 1.46. The molecule has 0 aromatic heterocycles. The number of hydrogen-bond acceptors (Lipinski definition) is 3. The highest BCUT2D eigenvalue weighted by Crippen LogP contribution is 2.21. The second-order valence-electron chi connectivity index (χ2n) is 5.69. The molecule has 5 nitrogen and oxygen atoms in total. The largest absolute Gasteiger partial charge is 0.484 e. The Labute approximate surface area is 161 Å². The third-order valence-corrected chi connectivity index (χ3v) is 4.01. The highest BCUT2D eigenvalue weighted by Gasteiger charge is 2.08. The SMILES string of the molecule is O=C(COc1ccc(-c2ccccc2)cc1)NNC(=O)c1ccc(Cl)cc1. The lowest BCUT2D eigenvalue weighted by molar-refractivity contribution is -0.123. The van der Waals surface area contributed by atoms with Crippen LogP contribution in [0.2, 0.25) is 5.02 Å². The van der Waals surface area contributed by atoms with E-state index in [9.17, 15) is 9.59 Å². The number of ether oxygens (including phenoxy) is 1. The van der Waals surface area contributed by atoms with Crippen LogP contribution in [0.1, 0.15) is 10.4 Å². The van der Waals surface area contributed by atoms with E-state index in [0.717, 1.165) is 11.1 Å². The number of halogens is 1. The van der Waals surface area contributed by atoms with Gasteiger partial charge in [0, 0.05) is 10.6 Å². The lowest BCUT2D eigenvalue weighted by Gasteiger charge is -2.09. The summed E-state index contributed by atoms with van der Waals surface area (Å²) in [5, 5.41) is 0.530. The zero-order chi connectivity index (χ0) is 19.1. The number of carbonyl (C=O) groups excluding carboxylic acids is 2. The summed E-state index contributed by atoms with van der Waals surface area (Å²) in [5.41, 5.74) is 7.18. The van der Waals surface area contributed by atoms with Gasteiger partial charge >= 0.3 is 0 Å². The molecule has 3 rings (SSSR count). The van der Waals surface area contributed by atoms with Gasteiger partial charge in [-0.25, -0.2) is 0 Å². The van der Waals surface area contributed by atoms with E-state index in [1.807, 2.05) is 42.5 Å². The van der Waals surface area contributed by atoms with Gasteiger partial charge in [0.1, 0.15) is 5.75 Å².